The lowest BCUT2D eigenvalue weighted by atomic mass is 10.00. The number of halogens is 1. The Morgan fingerprint density at radius 3 is 2.53 bits per heavy atom. The third-order valence-corrected chi connectivity index (χ3v) is 9.70. The molecule has 7 rings (SSSR count). The number of nitrogens with one attached hydrogen (secondary N) is 3. The van der Waals surface area contributed by atoms with Crippen molar-refractivity contribution in [2.45, 2.75) is 38.6 Å². The molecule has 10 heteroatoms. The Morgan fingerprint density at radius 2 is 1.69 bits per heavy atom. The van der Waals surface area contributed by atoms with Gasteiger partial charge in [-0.1, -0.05) is 25.0 Å². The van der Waals surface area contributed by atoms with E-state index in [9.17, 15) is 12.8 Å². The summed E-state index contributed by atoms with van der Waals surface area (Å²) in [4.78, 5) is 12.4. The van der Waals surface area contributed by atoms with E-state index >= 15 is 0 Å². The molecule has 0 spiro atoms. The molecule has 4 heterocycles. The molecule has 4 aromatic heterocycles. The highest BCUT2D eigenvalue weighted by atomic mass is 32.2. The minimum atomic E-state index is -3.17. The van der Waals surface area contributed by atoms with Gasteiger partial charge in [-0.25, -0.2) is 12.8 Å². The maximum Gasteiger partial charge on any atom is 0.147 e. The minimum Gasteiger partial charge on any atom is -0.352 e. The molecule has 1 fully saturated rings. The molecule has 3 N–H and O–H groups in total. The van der Waals surface area contributed by atoms with Crippen molar-refractivity contribution in [2.24, 2.45) is 5.92 Å². The largest absolute Gasteiger partial charge is 0.352 e. The second-order valence-electron chi connectivity index (χ2n) is 12.3. The first-order valence-electron chi connectivity index (χ1n) is 15.4. The summed E-state index contributed by atoms with van der Waals surface area (Å²) in [7, 11) is -3.17. The summed E-state index contributed by atoms with van der Waals surface area (Å²) in [5.41, 5.74) is 8.54. The predicted molar refractivity (Wildman–Crippen MR) is 177 cm³/mol. The van der Waals surface area contributed by atoms with Crippen molar-refractivity contribution in [3.8, 4) is 33.6 Å². The molecule has 2 aromatic carbocycles. The predicted octanol–water partition coefficient (Wildman–Crippen LogP) is 6.84. The smallest absolute Gasteiger partial charge is 0.147 e. The first-order chi connectivity index (χ1) is 21.8. The van der Waals surface area contributed by atoms with E-state index in [1.54, 1.807) is 12.4 Å². The summed E-state index contributed by atoms with van der Waals surface area (Å²) >= 11 is 0. The van der Waals surface area contributed by atoms with Gasteiger partial charge < -0.3 is 10.3 Å². The van der Waals surface area contributed by atoms with Crippen LogP contribution < -0.4 is 5.32 Å². The van der Waals surface area contributed by atoms with Crippen LogP contribution in [-0.2, 0) is 22.8 Å². The average molecular weight is 623 g/mol. The van der Waals surface area contributed by atoms with Crippen LogP contribution in [0.5, 0.6) is 0 Å². The van der Waals surface area contributed by atoms with Crippen molar-refractivity contribution in [1.82, 2.24) is 30.5 Å². The summed E-state index contributed by atoms with van der Waals surface area (Å²) < 4.78 is 38.1. The molecule has 6 aromatic rings. The first kappa shape index (κ1) is 29.3. The molecule has 0 bridgehead atoms. The van der Waals surface area contributed by atoms with E-state index < -0.39 is 15.7 Å². The summed E-state index contributed by atoms with van der Waals surface area (Å²) in [5.74, 6) is 0.328. The molecule has 1 saturated carbocycles. The fraction of sp³-hybridized carbons (Fsp3) is 0.286. The molecular weight excluding hydrogens is 587 g/mol. The van der Waals surface area contributed by atoms with Crippen LogP contribution in [0, 0.1) is 11.7 Å². The Morgan fingerprint density at radius 1 is 0.867 bits per heavy atom. The lowest BCUT2D eigenvalue weighted by molar-refractivity contribution is 0.489. The van der Waals surface area contributed by atoms with Gasteiger partial charge in [-0.2, -0.15) is 5.10 Å². The Hall–Kier alpha value is -4.41. The van der Waals surface area contributed by atoms with Crippen molar-refractivity contribution >= 4 is 31.6 Å². The van der Waals surface area contributed by atoms with Gasteiger partial charge in [-0.3, -0.25) is 15.1 Å². The van der Waals surface area contributed by atoms with E-state index in [4.69, 9.17) is 0 Å². The van der Waals surface area contributed by atoms with Crippen molar-refractivity contribution in [3.05, 3.63) is 90.3 Å². The highest BCUT2D eigenvalue weighted by Gasteiger charge is 2.17. The highest BCUT2D eigenvalue weighted by molar-refractivity contribution is 7.90. The van der Waals surface area contributed by atoms with Crippen LogP contribution in [0.1, 0.15) is 36.8 Å². The van der Waals surface area contributed by atoms with E-state index in [1.165, 1.54) is 44.1 Å². The standard InChI is InChI=1S/C35H35FN6O2S/c1-45(43,44)9-8-23-10-26(13-28(36)12-23)31-20-39-21-34-29(31)15-33(40-34)35-30-14-25(6-7-32(30)41-42-35)27-11-24(18-38-19-27)17-37-16-22-4-2-3-5-22/h6-7,10-15,18-22,37,40H,2-5,8-9,16-17H2,1H3,(H,41,42). The lowest BCUT2D eigenvalue weighted by Crippen LogP contribution is -2.20. The molecule has 230 valence electrons. The molecular formula is C35H35FN6O2S. The number of hydrogen-bond donors (Lipinski definition) is 3. The molecule has 0 unspecified atom stereocenters. The molecule has 8 nitrogen and oxygen atoms in total. The van der Waals surface area contributed by atoms with Crippen LogP contribution in [0.25, 0.3) is 55.4 Å². The number of H-pyrrole nitrogens is 2. The van der Waals surface area contributed by atoms with E-state index in [0.717, 1.165) is 74.5 Å². The third-order valence-electron chi connectivity index (χ3n) is 8.76. The number of aryl methyl sites for hydroxylation is 1. The maximum absolute atomic E-state index is 14.7. The maximum atomic E-state index is 14.7. The van der Waals surface area contributed by atoms with E-state index in [0.29, 0.717) is 11.1 Å². The molecule has 0 atom stereocenters. The van der Waals surface area contributed by atoms with E-state index in [-0.39, 0.29) is 12.2 Å². The topological polar surface area (TPSA) is 116 Å². The number of hydrogen-bond acceptors (Lipinski definition) is 6. The quantitative estimate of drug-likeness (QED) is 0.154. The number of sulfone groups is 1. The van der Waals surface area contributed by atoms with Gasteiger partial charge in [0, 0.05) is 53.3 Å². The minimum absolute atomic E-state index is 0.0431. The zero-order valence-electron chi connectivity index (χ0n) is 25.1. The van der Waals surface area contributed by atoms with Crippen LogP contribution in [0.2, 0.25) is 0 Å². The molecule has 0 aliphatic heterocycles. The summed E-state index contributed by atoms with van der Waals surface area (Å²) in [5, 5.41) is 13.3. The fourth-order valence-corrected chi connectivity index (χ4v) is 7.04. The molecule has 0 radical (unpaired) electrons. The van der Waals surface area contributed by atoms with Gasteiger partial charge in [0.1, 0.15) is 21.3 Å². The normalized spacial score (nSPS) is 14.2. The van der Waals surface area contributed by atoms with Crippen molar-refractivity contribution in [1.29, 1.82) is 0 Å². The van der Waals surface area contributed by atoms with Crippen LogP contribution in [0.4, 0.5) is 4.39 Å². The van der Waals surface area contributed by atoms with Gasteiger partial charge in [-0.15, -0.1) is 0 Å². The second kappa shape index (κ2) is 12.2. The van der Waals surface area contributed by atoms with Crippen molar-refractivity contribution in [3.63, 3.8) is 0 Å². The van der Waals surface area contributed by atoms with Gasteiger partial charge in [-0.05, 0) is 90.4 Å². The summed E-state index contributed by atoms with van der Waals surface area (Å²) in [6.07, 6.45) is 14.0. The summed E-state index contributed by atoms with van der Waals surface area (Å²) in [6, 6.07) is 15.1. The molecule has 45 heavy (non-hydrogen) atoms. The van der Waals surface area contributed by atoms with Crippen molar-refractivity contribution in [2.75, 3.05) is 18.6 Å². The Bertz CT molecular complexity index is 2110. The molecule has 0 saturated heterocycles. The third kappa shape index (κ3) is 6.53. The summed E-state index contributed by atoms with van der Waals surface area (Å²) in [6.45, 7) is 1.85. The first-order valence-corrected chi connectivity index (χ1v) is 17.4. The Balaban J connectivity index is 1.19. The highest BCUT2D eigenvalue weighted by Crippen LogP contribution is 2.35. The van der Waals surface area contributed by atoms with Crippen LogP contribution in [0.3, 0.4) is 0 Å². The van der Waals surface area contributed by atoms with Crippen LogP contribution >= 0.6 is 0 Å². The van der Waals surface area contributed by atoms with Crippen LogP contribution in [-0.4, -0.2) is 52.1 Å². The molecule has 1 aliphatic rings. The Labute approximate surface area is 261 Å². The number of aromatic amines is 2. The number of fused-ring (bicyclic) bond motifs is 2. The van der Waals surface area contributed by atoms with Gasteiger partial charge in [0.2, 0.25) is 0 Å². The number of benzene rings is 2. The van der Waals surface area contributed by atoms with E-state index in [1.807, 2.05) is 30.6 Å². The van der Waals surface area contributed by atoms with Gasteiger partial charge in [0.15, 0.2) is 0 Å². The molecule has 0 amide bonds. The van der Waals surface area contributed by atoms with Gasteiger partial charge in [0.25, 0.3) is 0 Å². The number of aromatic nitrogens is 5. The molecule has 1 aliphatic carbocycles. The second-order valence-corrected chi connectivity index (χ2v) is 14.5. The number of nitrogens with zero attached hydrogens (tertiary/aromatic N) is 3. The zero-order chi connectivity index (χ0) is 31.0. The average Bonchev–Trinajstić information content (AvgIpc) is 3.79. The van der Waals surface area contributed by atoms with E-state index in [2.05, 4.69) is 48.7 Å². The number of pyridine rings is 2. The lowest BCUT2D eigenvalue weighted by Gasteiger charge is -2.11. The monoisotopic (exact) mass is 622 g/mol. The zero-order valence-corrected chi connectivity index (χ0v) is 25.9. The van der Waals surface area contributed by atoms with Gasteiger partial charge in [0.05, 0.1) is 28.7 Å². The van der Waals surface area contributed by atoms with Crippen LogP contribution in [0.15, 0.2) is 73.3 Å². The fourth-order valence-electron chi connectivity index (χ4n) is 6.44. The Kier molecular flexibility index (Phi) is 7.93. The number of rotatable bonds is 10. The van der Waals surface area contributed by atoms with Crippen molar-refractivity contribution < 1.29 is 12.8 Å². The van der Waals surface area contributed by atoms with Gasteiger partial charge >= 0.3 is 0 Å². The SMILES string of the molecule is CS(=O)(=O)CCc1cc(F)cc(-c2cncc3[nH]c(-c4n[nH]c5ccc(-c6cncc(CNCC7CCCC7)c6)cc45)cc23)c1.